The van der Waals surface area contributed by atoms with E-state index in [0.717, 1.165) is 17.7 Å². The van der Waals surface area contributed by atoms with Gasteiger partial charge in [-0.1, -0.05) is 36.4 Å². The van der Waals surface area contributed by atoms with Crippen LogP contribution in [-0.2, 0) is 19.5 Å². The van der Waals surface area contributed by atoms with Crippen molar-refractivity contribution in [2.75, 3.05) is 0 Å². The van der Waals surface area contributed by atoms with Crippen LogP contribution in [0.15, 0.2) is 71.0 Å². The molecule has 0 spiro atoms. The molecule has 0 bridgehead atoms. The van der Waals surface area contributed by atoms with Crippen molar-refractivity contribution in [2.24, 2.45) is 0 Å². The van der Waals surface area contributed by atoms with Crippen LogP contribution in [0.3, 0.4) is 0 Å². The second-order valence-corrected chi connectivity index (χ2v) is 9.07. The van der Waals surface area contributed by atoms with E-state index in [4.69, 9.17) is 0 Å². The summed E-state index contributed by atoms with van der Waals surface area (Å²) in [6.07, 6.45) is 2.42. The smallest absolute Gasteiger partial charge is 0.259 e. The first-order valence-electron chi connectivity index (χ1n) is 10.9. The molecule has 0 saturated carbocycles. The molecule has 1 amide bonds. The predicted molar refractivity (Wildman–Crippen MR) is 130 cm³/mol. The van der Waals surface area contributed by atoms with E-state index in [-0.39, 0.29) is 22.9 Å². The van der Waals surface area contributed by atoms with Crippen LogP contribution in [0.2, 0.25) is 0 Å². The highest BCUT2D eigenvalue weighted by Gasteiger charge is 2.26. The number of thiophene rings is 1. The number of aryl methyl sites for hydroxylation is 2. The van der Waals surface area contributed by atoms with Gasteiger partial charge in [-0.15, -0.1) is 11.3 Å². The molecule has 0 radical (unpaired) electrons. The topological polar surface area (TPSA) is 55.2 Å². The summed E-state index contributed by atoms with van der Waals surface area (Å²) in [6, 6.07) is 17.6. The lowest BCUT2D eigenvalue weighted by molar-refractivity contribution is 0.0674. The largest absolute Gasteiger partial charge is 0.332 e. The molecule has 3 heterocycles. The second kappa shape index (κ2) is 9.49. The van der Waals surface area contributed by atoms with Gasteiger partial charge in [0.2, 0.25) is 5.43 Å². The highest BCUT2D eigenvalue weighted by molar-refractivity contribution is 7.09. The predicted octanol–water partition coefficient (Wildman–Crippen LogP) is 5.06. The number of carbonyl (C=O) groups is 1. The first-order valence-corrected chi connectivity index (χ1v) is 11.7. The minimum Gasteiger partial charge on any atom is -0.332 e. The monoisotopic (exact) mass is 445 g/mol. The summed E-state index contributed by atoms with van der Waals surface area (Å²) in [7, 11) is 0. The molecule has 1 atom stereocenters. The van der Waals surface area contributed by atoms with Crippen molar-refractivity contribution < 1.29 is 4.79 Å². The van der Waals surface area contributed by atoms with Gasteiger partial charge in [-0.25, -0.2) is 4.98 Å². The Kier molecular flexibility index (Phi) is 6.51. The molecule has 0 N–H and O–H groups in total. The molecule has 0 aliphatic heterocycles. The highest BCUT2D eigenvalue weighted by Crippen LogP contribution is 2.19. The van der Waals surface area contributed by atoms with E-state index >= 15 is 0 Å². The van der Waals surface area contributed by atoms with E-state index in [1.165, 1.54) is 4.88 Å². The van der Waals surface area contributed by atoms with Crippen LogP contribution in [0, 0.1) is 6.92 Å². The Morgan fingerprint density at radius 2 is 1.91 bits per heavy atom. The Hall–Kier alpha value is -3.25. The highest BCUT2D eigenvalue weighted by atomic mass is 32.1. The van der Waals surface area contributed by atoms with Gasteiger partial charge >= 0.3 is 0 Å². The third-order valence-electron chi connectivity index (χ3n) is 5.70. The molecular weight excluding hydrogens is 418 g/mol. The normalized spacial score (nSPS) is 12.1. The number of carbonyl (C=O) groups excluding carboxylic acids is 1. The van der Waals surface area contributed by atoms with Crippen molar-refractivity contribution in [2.45, 2.75) is 46.3 Å². The standard InChI is InChI=1S/C26H27N3O2S/c1-4-28-17-23(24(30)22-13-12-18(2)27-25(22)28)26(31)29(16-20-9-6-5-7-10-20)19(3)15-21-11-8-14-32-21/h5-14,17,19H,4,15-16H2,1-3H3/t19-/m1/s1. The summed E-state index contributed by atoms with van der Waals surface area (Å²) in [5.74, 6) is -0.243. The molecule has 0 fully saturated rings. The molecule has 32 heavy (non-hydrogen) atoms. The Labute approximate surface area is 192 Å². The second-order valence-electron chi connectivity index (χ2n) is 8.03. The molecule has 6 heteroatoms. The third kappa shape index (κ3) is 4.50. The number of fused-ring (bicyclic) bond motifs is 1. The van der Waals surface area contributed by atoms with Crippen molar-refractivity contribution >= 4 is 28.3 Å². The van der Waals surface area contributed by atoms with Crippen LogP contribution >= 0.6 is 11.3 Å². The van der Waals surface area contributed by atoms with Crippen molar-refractivity contribution in [1.29, 1.82) is 0 Å². The van der Waals surface area contributed by atoms with Crippen molar-refractivity contribution in [3.05, 3.63) is 98.1 Å². The molecule has 4 rings (SSSR count). The Bertz CT molecular complexity index is 1280. The molecule has 1 aromatic carbocycles. The van der Waals surface area contributed by atoms with Gasteiger partial charge in [-0.3, -0.25) is 9.59 Å². The molecule has 0 aliphatic rings. The fourth-order valence-corrected chi connectivity index (χ4v) is 4.77. The fraction of sp³-hybridized carbons (Fsp3) is 0.269. The maximum Gasteiger partial charge on any atom is 0.259 e. The minimum absolute atomic E-state index is 0.0670. The number of benzene rings is 1. The lowest BCUT2D eigenvalue weighted by atomic mass is 10.1. The third-order valence-corrected chi connectivity index (χ3v) is 6.60. The number of amides is 1. The molecule has 0 unspecified atom stereocenters. The summed E-state index contributed by atoms with van der Waals surface area (Å²) < 4.78 is 1.89. The SMILES string of the molecule is CCn1cc(C(=O)N(Cc2ccccc2)[C@H](C)Cc2cccs2)c(=O)c2ccc(C)nc21. The maximum atomic E-state index is 13.8. The van der Waals surface area contributed by atoms with Gasteiger partial charge < -0.3 is 9.47 Å². The van der Waals surface area contributed by atoms with Crippen LogP contribution < -0.4 is 5.43 Å². The van der Waals surface area contributed by atoms with Gasteiger partial charge in [0.05, 0.1) is 5.39 Å². The van der Waals surface area contributed by atoms with Gasteiger partial charge in [-0.05, 0) is 49.9 Å². The quantitative estimate of drug-likeness (QED) is 0.400. The number of rotatable bonds is 7. The number of pyridine rings is 2. The Morgan fingerprint density at radius 3 is 2.59 bits per heavy atom. The van der Waals surface area contributed by atoms with Crippen LogP contribution in [0.25, 0.3) is 11.0 Å². The maximum absolute atomic E-state index is 13.8. The van der Waals surface area contributed by atoms with E-state index in [1.807, 2.05) is 78.1 Å². The number of nitrogens with zero attached hydrogens (tertiary/aromatic N) is 3. The lowest BCUT2D eigenvalue weighted by Gasteiger charge is -2.29. The number of aromatic nitrogens is 2. The average molecular weight is 446 g/mol. The number of hydrogen-bond donors (Lipinski definition) is 0. The van der Waals surface area contributed by atoms with Crippen LogP contribution in [0.5, 0.6) is 0 Å². The molecule has 0 aliphatic carbocycles. The molecule has 3 aromatic heterocycles. The van der Waals surface area contributed by atoms with E-state index in [9.17, 15) is 9.59 Å². The first kappa shape index (κ1) is 22.0. The van der Waals surface area contributed by atoms with Crippen molar-refractivity contribution in [3.8, 4) is 0 Å². The van der Waals surface area contributed by atoms with Gasteiger partial charge in [0.15, 0.2) is 0 Å². The van der Waals surface area contributed by atoms with Gasteiger partial charge in [0.25, 0.3) is 5.91 Å². The summed E-state index contributed by atoms with van der Waals surface area (Å²) >= 11 is 1.68. The van der Waals surface area contributed by atoms with Gasteiger partial charge in [0.1, 0.15) is 11.2 Å². The van der Waals surface area contributed by atoms with E-state index in [0.29, 0.717) is 24.1 Å². The summed E-state index contributed by atoms with van der Waals surface area (Å²) in [6.45, 7) is 7.00. The van der Waals surface area contributed by atoms with Crippen LogP contribution in [0.4, 0.5) is 0 Å². The average Bonchev–Trinajstić information content (AvgIpc) is 3.31. The summed E-state index contributed by atoms with van der Waals surface area (Å²) in [5.41, 5.74) is 2.43. The summed E-state index contributed by atoms with van der Waals surface area (Å²) in [4.78, 5) is 34.7. The lowest BCUT2D eigenvalue weighted by Crippen LogP contribution is -2.41. The summed E-state index contributed by atoms with van der Waals surface area (Å²) in [5, 5.41) is 2.53. The first-order chi connectivity index (χ1) is 15.5. The van der Waals surface area contributed by atoms with Crippen molar-refractivity contribution in [3.63, 3.8) is 0 Å². The molecule has 0 saturated heterocycles. The Morgan fingerprint density at radius 1 is 1.12 bits per heavy atom. The molecule has 5 nitrogen and oxygen atoms in total. The van der Waals surface area contributed by atoms with Gasteiger partial charge in [-0.2, -0.15) is 0 Å². The van der Waals surface area contributed by atoms with E-state index < -0.39 is 0 Å². The van der Waals surface area contributed by atoms with E-state index in [1.54, 1.807) is 23.6 Å². The van der Waals surface area contributed by atoms with E-state index in [2.05, 4.69) is 11.1 Å². The molecule has 4 aromatic rings. The van der Waals surface area contributed by atoms with Gasteiger partial charge in [0, 0.05) is 42.3 Å². The molecular formula is C26H27N3O2S. The zero-order valence-electron chi connectivity index (χ0n) is 18.6. The zero-order valence-corrected chi connectivity index (χ0v) is 19.4. The minimum atomic E-state index is -0.261. The van der Waals surface area contributed by atoms with Crippen LogP contribution in [-0.4, -0.2) is 26.4 Å². The zero-order chi connectivity index (χ0) is 22.7. The fourth-order valence-electron chi connectivity index (χ4n) is 3.95. The molecule has 164 valence electrons. The number of hydrogen-bond acceptors (Lipinski definition) is 4. The Balaban J connectivity index is 1.77. The van der Waals surface area contributed by atoms with Crippen LogP contribution in [0.1, 0.15) is 40.3 Å². The van der Waals surface area contributed by atoms with Crippen molar-refractivity contribution in [1.82, 2.24) is 14.5 Å².